The molecule has 0 spiro atoms. The van der Waals surface area contributed by atoms with E-state index in [4.69, 9.17) is 5.73 Å². The number of halogens is 2. The summed E-state index contributed by atoms with van der Waals surface area (Å²) >= 11 is 0. The zero-order valence-electron chi connectivity index (χ0n) is 10.3. The first-order chi connectivity index (χ1) is 9.49. The fourth-order valence-electron chi connectivity index (χ4n) is 2.55. The van der Waals surface area contributed by atoms with E-state index in [1.165, 1.54) is 0 Å². The van der Waals surface area contributed by atoms with Gasteiger partial charge < -0.3 is 5.73 Å². The van der Waals surface area contributed by atoms with Crippen LogP contribution in [0.15, 0.2) is 12.1 Å². The lowest BCUT2D eigenvalue weighted by atomic mass is 10.2. The topological polar surface area (TPSA) is 87.0 Å². The van der Waals surface area contributed by atoms with Crippen molar-refractivity contribution in [2.75, 3.05) is 5.73 Å². The standard InChI is InChI=1S/C12H10F2N4O2/c13-6-4-8(14)11(10(5-6)18(19)20)17-9-3-1-2-7(9)12(15)16-17/h4-5H,1-3H2,(H2,15,16). The van der Waals surface area contributed by atoms with Gasteiger partial charge in [0, 0.05) is 11.6 Å². The minimum atomic E-state index is -1.03. The minimum Gasteiger partial charge on any atom is -0.382 e. The van der Waals surface area contributed by atoms with Crippen LogP contribution in [0.3, 0.4) is 0 Å². The first kappa shape index (κ1) is 12.5. The molecule has 1 aliphatic rings. The summed E-state index contributed by atoms with van der Waals surface area (Å²) in [6, 6.07) is 1.28. The Bertz CT molecular complexity index is 727. The average molecular weight is 280 g/mol. The molecule has 0 fully saturated rings. The molecule has 20 heavy (non-hydrogen) atoms. The van der Waals surface area contributed by atoms with Crippen molar-refractivity contribution in [3.63, 3.8) is 0 Å². The molecule has 2 N–H and O–H groups in total. The number of nitrogens with zero attached hydrogens (tertiary/aromatic N) is 3. The second kappa shape index (κ2) is 4.26. The van der Waals surface area contributed by atoms with Crippen LogP contribution in [0, 0.1) is 21.7 Å². The van der Waals surface area contributed by atoms with Crippen molar-refractivity contribution >= 4 is 11.5 Å². The summed E-state index contributed by atoms with van der Waals surface area (Å²) in [6.07, 6.45) is 2.14. The van der Waals surface area contributed by atoms with Crippen LogP contribution in [0.2, 0.25) is 0 Å². The van der Waals surface area contributed by atoms with E-state index in [2.05, 4.69) is 5.10 Å². The molecule has 3 rings (SSSR count). The molecule has 1 aliphatic carbocycles. The van der Waals surface area contributed by atoms with Crippen molar-refractivity contribution in [3.8, 4) is 5.69 Å². The number of nitro benzene ring substituents is 1. The maximum Gasteiger partial charge on any atom is 0.300 e. The largest absolute Gasteiger partial charge is 0.382 e. The third-order valence-corrected chi connectivity index (χ3v) is 3.38. The van der Waals surface area contributed by atoms with Gasteiger partial charge in [-0.2, -0.15) is 0 Å². The number of anilines is 1. The third-order valence-electron chi connectivity index (χ3n) is 3.38. The summed E-state index contributed by atoms with van der Waals surface area (Å²) in [4.78, 5) is 10.2. The highest BCUT2D eigenvalue weighted by atomic mass is 19.1. The molecule has 0 bridgehead atoms. The number of benzene rings is 1. The van der Waals surface area contributed by atoms with Crippen LogP contribution in [-0.4, -0.2) is 14.7 Å². The number of rotatable bonds is 2. The van der Waals surface area contributed by atoms with E-state index >= 15 is 0 Å². The number of nitro groups is 1. The number of nitrogen functional groups attached to an aromatic ring is 1. The summed E-state index contributed by atoms with van der Waals surface area (Å²) < 4.78 is 28.3. The molecule has 0 amide bonds. The summed E-state index contributed by atoms with van der Waals surface area (Å²) in [5, 5.41) is 15.0. The molecular weight excluding hydrogens is 270 g/mol. The van der Waals surface area contributed by atoms with Crippen LogP contribution in [0.4, 0.5) is 20.3 Å². The zero-order chi connectivity index (χ0) is 14.4. The predicted molar refractivity (Wildman–Crippen MR) is 66.6 cm³/mol. The van der Waals surface area contributed by atoms with Crippen molar-refractivity contribution in [2.24, 2.45) is 0 Å². The predicted octanol–water partition coefficient (Wildman–Crippen LogP) is 2.13. The van der Waals surface area contributed by atoms with Gasteiger partial charge in [0.1, 0.15) is 11.6 Å². The molecule has 1 aromatic heterocycles. The van der Waals surface area contributed by atoms with Crippen LogP contribution in [0.5, 0.6) is 0 Å². The molecule has 0 aliphatic heterocycles. The fraction of sp³-hybridized carbons (Fsp3) is 0.250. The quantitative estimate of drug-likeness (QED) is 0.674. The Kier molecular flexibility index (Phi) is 2.66. The molecular formula is C12H10F2N4O2. The van der Waals surface area contributed by atoms with Crippen molar-refractivity contribution in [2.45, 2.75) is 19.3 Å². The normalized spacial score (nSPS) is 13.5. The maximum atomic E-state index is 14.0. The maximum absolute atomic E-state index is 14.0. The van der Waals surface area contributed by atoms with Crippen molar-refractivity contribution in [3.05, 3.63) is 45.1 Å². The average Bonchev–Trinajstić information content (AvgIpc) is 2.93. The summed E-state index contributed by atoms with van der Waals surface area (Å²) in [7, 11) is 0. The van der Waals surface area contributed by atoms with E-state index in [-0.39, 0.29) is 11.5 Å². The van der Waals surface area contributed by atoms with Crippen LogP contribution in [-0.2, 0) is 12.8 Å². The molecule has 2 aromatic rings. The van der Waals surface area contributed by atoms with E-state index in [0.29, 0.717) is 30.7 Å². The third kappa shape index (κ3) is 1.72. The molecule has 0 saturated carbocycles. The number of hydrogen-bond acceptors (Lipinski definition) is 4. The lowest BCUT2D eigenvalue weighted by molar-refractivity contribution is -0.385. The Morgan fingerprint density at radius 1 is 1.35 bits per heavy atom. The summed E-state index contributed by atoms with van der Waals surface area (Å²) in [5.74, 6) is -1.81. The van der Waals surface area contributed by atoms with Crippen LogP contribution in [0.1, 0.15) is 17.7 Å². The van der Waals surface area contributed by atoms with E-state index in [1.807, 2.05) is 0 Å². The van der Waals surface area contributed by atoms with Gasteiger partial charge in [-0.15, -0.1) is 5.10 Å². The molecule has 0 saturated heterocycles. The first-order valence-electron chi connectivity index (χ1n) is 5.99. The second-order valence-electron chi connectivity index (χ2n) is 4.59. The Morgan fingerprint density at radius 3 is 2.80 bits per heavy atom. The summed E-state index contributed by atoms with van der Waals surface area (Å²) in [5.41, 5.74) is 6.13. The van der Waals surface area contributed by atoms with Crippen LogP contribution >= 0.6 is 0 Å². The Labute approximate surface area is 112 Å². The molecule has 104 valence electrons. The monoisotopic (exact) mass is 280 g/mol. The summed E-state index contributed by atoms with van der Waals surface area (Å²) in [6.45, 7) is 0. The smallest absolute Gasteiger partial charge is 0.300 e. The molecule has 1 aromatic carbocycles. The molecule has 0 atom stereocenters. The van der Waals surface area contributed by atoms with Gasteiger partial charge in [0.25, 0.3) is 0 Å². The lowest BCUT2D eigenvalue weighted by Crippen LogP contribution is -2.08. The first-order valence-corrected chi connectivity index (χ1v) is 5.99. The van der Waals surface area contributed by atoms with Crippen molar-refractivity contribution in [1.29, 1.82) is 0 Å². The SMILES string of the molecule is Nc1nn(-c2c(F)cc(F)cc2[N+](=O)[O-])c2c1CCC2. The number of nitrogens with two attached hydrogens (primary N) is 1. The lowest BCUT2D eigenvalue weighted by Gasteiger charge is -2.07. The Hall–Kier alpha value is -2.51. The highest BCUT2D eigenvalue weighted by molar-refractivity contribution is 5.57. The highest BCUT2D eigenvalue weighted by Crippen LogP contribution is 2.34. The molecule has 8 heteroatoms. The molecule has 0 unspecified atom stereocenters. The van der Waals surface area contributed by atoms with Crippen LogP contribution in [0.25, 0.3) is 5.69 Å². The molecule has 0 radical (unpaired) electrons. The number of hydrogen-bond donors (Lipinski definition) is 1. The van der Waals surface area contributed by atoms with Gasteiger partial charge in [0.05, 0.1) is 16.7 Å². The fourth-order valence-corrected chi connectivity index (χ4v) is 2.55. The van der Waals surface area contributed by atoms with Gasteiger partial charge in [-0.25, -0.2) is 13.5 Å². The Morgan fingerprint density at radius 2 is 2.10 bits per heavy atom. The zero-order valence-corrected chi connectivity index (χ0v) is 10.3. The van der Waals surface area contributed by atoms with Gasteiger partial charge in [0.15, 0.2) is 11.5 Å². The minimum absolute atomic E-state index is 0.232. The van der Waals surface area contributed by atoms with E-state index in [9.17, 15) is 18.9 Å². The van der Waals surface area contributed by atoms with Crippen molar-refractivity contribution in [1.82, 2.24) is 9.78 Å². The van der Waals surface area contributed by atoms with Gasteiger partial charge >= 0.3 is 5.69 Å². The van der Waals surface area contributed by atoms with Crippen molar-refractivity contribution < 1.29 is 13.7 Å². The second-order valence-corrected chi connectivity index (χ2v) is 4.59. The number of fused-ring (bicyclic) bond motifs is 1. The Balaban J connectivity index is 2.30. The van der Waals surface area contributed by atoms with Gasteiger partial charge in [-0.05, 0) is 19.3 Å². The number of aromatic nitrogens is 2. The molecule has 1 heterocycles. The highest BCUT2D eigenvalue weighted by Gasteiger charge is 2.29. The van der Waals surface area contributed by atoms with Gasteiger partial charge in [0.2, 0.25) is 0 Å². The van der Waals surface area contributed by atoms with E-state index < -0.39 is 22.2 Å². The molecule has 6 nitrogen and oxygen atoms in total. The van der Waals surface area contributed by atoms with E-state index in [0.717, 1.165) is 16.7 Å². The van der Waals surface area contributed by atoms with Gasteiger partial charge in [-0.1, -0.05) is 0 Å². The van der Waals surface area contributed by atoms with Crippen LogP contribution < -0.4 is 5.73 Å². The van der Waals surface area contributed by atoms with E-state index in [1.54, 1.807) is 0 Å². The van der Waals surface area contributed by atoms with Gasteiger partial charge in [-0.3, -0.25) is 10.1 Å².